The maximum absolute atomic E-state index is 2.18. The van der Waals surface area contributed by atoms with Crippen LogP contribution in [0.4, 0.5) is 0 Å². The molecule has 1 aromatic heterocycles. The Hall–Kier alpha value is -0.0600. The van der Waals surface area contributed by atoms with E-state index in [1.807, 2.05) is 7.05 Å². The molecular weight excluding hydrogens is 239 g/mol. The van der Waals surface area contributed by atoms with Gasteiger partial charge in [0.05, 0.1) is 13.6 Å². The Balaban J connectivity index is 0.000000810. The molecule has 10 heavy (non-hydrogen) atoms. The van der Waals surface area contributed by atoms with Gasteiger partial charge in [0.15, 0.2) is 0 Å². The van der Waals surface area contributed by atoms with E-state index in [2.05, 4.69) is 34.8 Å². The lowest BCUT2D eigenvalue weighted by molar-refractivity contribution is -0.671. The van der Waals surface area contributed by atoms with Gasteiger partial charge in [-0.2, -0.15) is 0 Å². The van der Waals surface area contributed by atoms with E-state index in [1.165, 1.54) is 6.42 Å². The van der Waals surface area contributed by atoms with Crippen LogP contribution in [0.5, 0.6) is 0 Å². The zero-order chi connectivity index (χ0) is 6.69. The minimum atomic E-state index is 0. The average Bonchev–Trinajstić information content (AvgIpc) is 2.17. The molecule has 0 aliphatic carbocycles. The van der Waals surface area contributed by atoms with Gasteiger partial charge in [-0.1, -0.05) is 6.92 Å². The van der Waals surface area contributed by atoms with Crippen LogP contribution >= 0.6 is 0 Å². The largest absolute Gasteiger partial charge is 1.00 e. The second-order valence-electron chi connectivity index (χ2n) is 2.32. The highest BCUT2D eigenvalue weighted by atomic mass is 127. The fraction of sp³-hybridized carbons (Fsp3) is 0.571. The second-order valence-corrected chi connectivity index (χ2v) is 2.32. The normalized spacial score (nSPS) is 9.00. The second kappa shape index (κ2) is 4.71. The molecule has 2 nitrogen and oxygen atoms in total. The average molecular weight is 252 g/mol. The van der Waals surface area contributed by atoms with Crippen molar-refractivity contribution in [2.75, 3.05) is 0 Å². The van der Waals surface area contributed by atoms with Crippen molar-refractivity contribution in [1.82, 2.24) is 4.57 Å². The molecule has 1 rings (SSSR count). The maximum Gasteiger partial charge on any atom is 0.243 e. The Morgan fingerprint density at radius 1 is 1.50 bits per heavy atom. The van der Waals surface area contributed by atoms with Crippen molar-refractivity contribution in [3.8, 4) is 0 Å². The molecule has 0 fully saturated rings. The van der Waals surface area contributed by atoms with Crippen molar-refractivity contribution < 1.29 is 28.5 Å². The van der Waals surface area contributed by atoms with E-state index >= 15 is 0 Å². The van der Waals surface area contributed by atoms with Crippen molar-refractivity contribution in [1.29, 1.82) is 0 Å². The van der Waals surface area contributed by atoms with Gasteiger partial charge in [-0.15, -0.1) is 0 Å². The smallest absolute Gasteiger partial charge is 0.243 e. The summed E-state index contributed by atoms with van der Waals surface area (Å²) in [5, 5.41) is 0. The zero-order valence-corrected chi connectivity index (χ0v) is 8.58. The van der Waals surface area contributed by atoms with Gasteiger partial charge >= 0.3 is 0 Å². The molecule has 0 spiro atoms. The van der Waals surface area contributed by atoms with Crippen LogP contribution < -0.4 is 28.5 Å². The molecule has 3 heteroatoms. The SMILES string of the molecule is CCCn1cc[n+](C)c1.[I-]. The van der Waals surface area contributed by atoms with Crippen LogP contribution in [0.2, 0.25) is 0 Å². The summed E-state index contributed by atoms with van der Waals surface area (Å²) in [6, 6.07) is 0. The van der Waals surface area contributed by atoms with Crippen LogP contribution in [-0.4, -0.2) is 4.57 Å². The predicted molar refractivity (Wildman–Crippen MR) is 35.9 cm³/mol. The molecule has 1 aromatic rings. The number of aromatic nitrogens is 2. The predicted octanol–water partition coefficient (Wildman–Crippen LogP) is -2.27. The standard InChI is InChI=1S/C7H13N2.HI/c1-3-4-9-6-5-8(2)7-9;/h5-7H,3-4H2,1-2H3;1H/q+1;/p-1. The van der Waals surface area contributed by atoms with Crippen molar-refractivity contribution in [2.45, 2.75) is 19.9 Å². The van der Waals surface area contributed by atoms with Gasteiger partial charge in [0.1, 0.15) is 12.4 Å². The van der Waals surface area contributed by atoms with E-state index in [-0.39, 0.29) is 24.0 Å². The number of rotatable bonds is 2. The summed E-state index contributed by atoms with van der Waals surface area (Å²) in [5.74, 6) is 0. The summed E-state index contributed by atoms with van der Waals surface area (Å²) >= 11 is 0. The highest BCUT2D eigenvalue weighted by Gasteiger charge is 1.94. The molecule has 0 amide bonds. The van der Waals surface area contributed by atoms with Gasteiger partial charge in [0.2, 0.25) is 6.33 Å². The lowest BCUT2D eigenvalue weighted by Crippen LogP contribution is -3.00. The highest BCUT2D eigenvalue weighted by molar-refractivity contribution is 4.64. The molecule has 0 aliphatic heterocycles. The number of hydrogen-bond acceptors (Lipinski definition) is 0. The molecule has 0 aliphatic rings. The first-order valence-corrected chi connectivity index (χ1v) is 3.34. The van der Waals surface area contributed by atoms with Crippen molar-refractivity contribution >= 4 is 0 Å². The van der Waals surface area contributed by atoms with E-state index in [0.29, 0.717) is 0 Å². The molecule has 0 bridgehead atoms. The fourth-order valence-electron chi connectivity index (χ4n) is 0.892. The van der Waals surface area contributed by atoms with Crippen LogP contribution in [0.1, 0.15) is 13.3 Å². The minimum absolute atomic E-state index is 0. The van der Waals surface area contributed by atoms with Gasteiger partial charge in [-0.05, 0) is 6.42 Å². The van der Waals surface area contributed by atoms with Crippen LogP contribution in [0.25, 0.3) is 0 Å². The molecule has 0 saturated heterocycles. The zero-order valence-electron chi connectivity index (χ0n) is 6.42. The van der Waals surface area contributed by atoms with Crippen LogP contribution in [0, 0.1) is 0 Å². The lowest BCUT2D eigenvalue weighted by atomic mass is 10.5. The molecule has 0 N–H and O–H groups in total. The summed E-state index contributed by atoms with van der Waals surface area (Å²) in [7, 11) is 2.03. The Bertz CT molecular complexity index is 183. The summed E-state index contributed by atoms with van der Waals surface area (Å²) in [6.45, 7) is 3.31. The number of imidazole rings is 1. The number of hydrogen-bond donors (Lipinski definition) is 0. The molecule has 0 unspecified atom stereocenters. The first kappa shape index (κ1) is 9.94. The van der Waals surface area contributed by atoms with Gasteiger partial charge in [-0.25, -0.2) is 9.13 Å². The minimum Gasteiger partial charge on any atom is -1.00 e. The Morgan fingerprint density at radius 3 is 2.60 bits per heavy atom. The Labute approximate surface area is 78.9 Å². The molecule has 0 saturated carbocycles. The van der Waals surface area contributed by atoms with Crippen LogP contribution in [-0.2, 0) is 13.6 Å². The van der Waals surface area contributed by atoms with Gasteiger partial charge in [0, 0.05) is 0 Å². The van der Waals surface area contributed by atoms with Gasteiger partial charge in [-0.3, -0.25) is 0 Å². The monoisotopic (exact) mass is 252 g/mol. The van der Waals surface area contributed by atoms with Crippen LogP contribution in [0.15, 0.2) is 18.7 Å². The number of nitrogens with zero attached hydrogens (tertiary/aromatic N) is 2. The Kier molecular flexibility index (Phi) is 4.68. The molecular formula is C7H13IN2. The van der Waals surface area contributed by atoms with E-state index < -0.39 is 0 Å². The van der Waals surface area contributed by atoms with Crippen molar-refractivity contribution in [3.05, 3.63) is 18.7 Å². The van der Waals surface area contributed by atoms with Crippen molar-refractivity contribution in [3.63, 3.8) is 0 Å². The summed E-state index contributed by atoms with van der Waals surface area (Å²) in [5.41, 5.74) is 0. The van der Waals surface area contributed by atoms with Crippen molar-refractivity contribution in [2.24, 2.45) is 7.05 Å². The maximum atomic E-state index is 2.18. The van der Waals surface area contributed by atoms with Gasteiger partial charge < -0.3 is 24.0 Å². The topological polar surface area (TPSA) is 8.81 Å². The first-order chi connectivity index (χ1) is 4.33. The molecule has 0 aromatic carbocycles. The molecule has 58 valence electrons. The third kappa shape index (κ3) is 2.68. The molecule has 1 heterocycles. The quantitative estimate of drug-likeness (QED) is 0.414. The third-order valence-electron chi connectivity index (χ3n) is 1.31. The Morgan fingerprint density at radius 2 is 2.20 bits per heavy atom. The van der Waals surface area contributed by atoms with E-state index in [0.717, 1.165) is 6.54 Å². The summed E-state index contributed by atoms with van der Waals surface area (Å²) in [6.07, 6.45) is 7.43. The lowest BCUT2D eigenvalue weighted by Gasteiger charge is -1.86. The van der Waals surface area contributed by atoms with Gasteiger partial charge in [0.25, 0.3) is 0 Å². The summed E-state index contributed by atoms with van der Waals surface area (Å²) < 4.78 is 4.23. The highest BCUT2D eigenvalue weighted by Crippen LogP contribution is 1.85. The van der Waals surface area contributed by atoms with E-state index in [1.54, 1.807) is 0 Å². The van der Waals surface area contributed by atoms with E-state index in [4.69, 9.17) is 0 Å². The van der Waals surface area contributed by atoms with Crippen LogP contribution in [0.3, 0.4) is 0 Å². The fourth-order valence-corrected chi connectivity index (χ4v) is 0.892. The summed E-state index contributed by atoms with van der Waals surface area (Å²) in [4.78, 5) is 0. The first-order valence-electron chi connectivity index (χ1n) is 3.34. The molecule has 0 atom stereocenters. The number of aryl methyl sites for hydroxylation is 2. The molecule has 0 radical (unpaired) electrons. The number of halogens is 1. The van der Waals surface area contributed by atoms with E-state index in [9.17, 15) is 0 Å². The third-order valence-corrected chi connectivity index (χ3v) is 1.31.